The molecule has 2 aliphatic rings. The van der Waals surface area contributed by atoms with E-state index >= 15 is 0 Å². The summed E-state index contributed by atoms with van der Waals surface area (Å²) in [5.74, 6) is 0.867. The number of carbonyl (C=O) groups excluding carboxylic acids is 1. The van der Waals surface area contributed by atoms with Crippen LogP contribution in [0, 0.1) is 13.8 Å². The average Bonchev–Trinajstić information content (AvgIpc) is 3.20. The molecule has 0 spiro atoms. The molecule has 6 nitrogen and oxygen atoms in total. The van der Waals surface area contributed by atoms with Crippen molar-refractivity contribution in [1.82, 2.24) is 9.91 Å². The Balaban J connectivity index is 1.61. The van der Waals surface area contributed by atoms with Crippen LogP contribution in [-0.4, -0.2) is 61.0 Å². The number of hydrogen-bond acceptors (Lipinski definition) is 5. The monoisotopic (exact) mass is 421 g/mol. The third-order valence-electron chi connectivity index (χ3n) is 5.90. The molecule has 0 aliphatic carbocycles. The minimum Gasteiger partial charge on any atom is -0.494 e. The molecule has 2 aromatic rings. The lowest BCUT2D eigenvalue weighted by molar-refractivity contribution is -0.135. The van der Waals surface area contributed by atoms with Gasteiger partial charge in [0, 0.05) is 25.1 Å². The molecular formula is C25H31N3O3. The Morgan fingerprint density at radius 2 is 1.87 bits per heavy atom. The molecule has 2 aromatic carbocycles. The zero-order valence-electron chi connectivity index (χ0n) is 18.6. The summed E-state index contributed by atoms with van der Waals surface area (Å²) in [5.41, 5.74) is 5.56. The molecule has 0 N–H and O–H groups in total. The first-order valence-electron chi connectivity index (χ1n) is 11.0. The van der Waals surface area contributed by atoms with Gasteiger partial charge in [-0.2, -0.15) is 5.10 Å². The van der Waals surface area contributed by atoms with Gasteiger partial charge in [0.15, 0.2) is 0 Å². The molecule has 4 rings (SSSR count). The number of hydrogen-bond donors (Lipinski definition) is 0. The van der Waals surface area contributed by atoms with Gasteiger partial charge in [0.25, 0.3) is 5.91 Å². The van der Waals surface area contributed by atoms with Crippen LogP contribution in [-0.2, 0) is 9.53 Å². The van der Waals surface area contributed by atoms with E-state index in [0.717, 1.165) is 35.7 Å². The maximum absolute atomic E-state index is 13.3. The van der Waals surface area contributed by atoms with Crippen molar-refractivity contribution in [3.63, 3.8) is 0 Å². The second-order valence-corrected chi connectivity index (χ2v) is 8.21. The molecule has 0 unspecified atom stereocenters. The van der Waals surface area contributed by atoms with Crippen LogP contribution < -0.4 is 4.74 Å². The normalized spacial score (nSPS) is 19.4. The molecule has 164 valence electrons. The van der Waals surface area contributed by atoms with Crippen molar-refractivity contribution in [1.29, 1.82) is 0 Å². The van der Waals surface area contributed by atoms with Crippen LogP contribution in [0.2, 0.25) is 0 Å². The first-order chi connectivity index (χ1) is 15.0. The highest BCUT2D eigenvalue weighted by Crippen LogP contribution is 2.34. The Hall–Kier alpha value is -2.70. The van der Waals surface area contributed by atoms with Gasteiger partial charge < -0.3 is 9.47 Å². The van der Waals surface area contributed by atoms with Crippen molar-refractivity contribution in [3.8, 4) is 5.75 Å². The summed E-state index contributed by atoms with van der Waals surface area (Å²) in [7, 11) is 0. The number of morpholine rings is 1. The minimum atomic E-state index is -0.111. The van der Waals surface area contributed by atoms with Crippen molar-refractivity contribution in [2.75, 3.05) is 39.5 Å². The SMILES string of the molecule is CCOc1ccc([C@H]2CC(c3ccc(C)cc3C)=NN2C(=O)CN2CCOCC2)cc1. The zero-order valence-corrected chi connectivity index (χ0v) is 18.6. The number of benzene rings is 2. The molecule has 0 bridgehead atoms. The van der Waals surface area contributed by atoms with E-state index in [9.17, 15) is 4.79 Å². The van der Waals surface area contributed by atoms with Crippen LogP contribution >= 0.6 is 0 Å². The Labute approximate surface area is 184 Å². The molecule has 2 heterocycles. The predicted octanol–water partition coefficient (Wildman–Crippen LogP) is 3.71. The fraction of sp³-hybridized carbons (Fsp3) is 0.440. The molecule has 1 amide bonds. The summed E-state index contributed by atoms with van der Waals surface area (Å²) >= 11 is 0. The van der Waals surface area contributed by atoms with Crippen LogP contribution in [0.5, 0.6) is 5.75 Å². The Morgan fingerprint density at radius 3 is 2.55 bits per heavy atom. The summed E-state index contributed by atoms with van der Waals surface area (Å²) in [6.07, 6.45) is 0.701. The third-order valence-corrected chi connectivity index (χ3v) is 5.90. The molecule has 6 heteroatoms. The lowest BCUT2D eigenvalue weighted by Gasteiger charge is -2.29. The van der Waals surface area contributed by atoms with E-state index in [2.05, 4.69) is 36.9 Å². The third kappa shape index (κ3) is 4.97. The quantitative estimate of drug-likeness (QED) is 0.714. The summed E-state index contributed by atoms with van der Waals surface area (Å²) in [4.78, 5) is 15.4. The topological polar surface area (TPSA) is 54.4 Å². The van der Waals surface area contributed by atoms with E-state index in [1.165, 1.54) is 11.1 Å². The lowest BCUT2D eigenvalue weighted by Crippen LogP contribution is -2.43. The van der Waals surface area contributed by atoms with E-state index < -0.39 is 0 Å². The molecule has 2 aliphatic heterocycles. The van der Waals surface area contributed by atoms with E-state index in [-0.39, 0.29) is 11.9 Å². The van der Waals surface area contributed by atoms with Gasteiger partial charge in [-0.15, -0.1) is 0 Å². The fourth-order valence-corrected chi connectivity index (χ4v) is 4.28. The van der Waals surface area contributed by atoms with E-state index in [1.54, 1.807) is 5.01 Å². The molecule has 1 saturated heterocycles. The fourth-order valence-electron chi connectivity index (χ4n) is 4.28. The van der Waals surface area contributed by atoms with E-state index in [0.29, 0.717) is 32.8 Å². The maximum atomic E-state index is 13.3. The Morgan fingerprint density at radius 1 is 1.13 bits per heavy atom. The lowest BCUT2D eigenvalue weighted by atomic mass is 9.95. The number of rotatable bonds is 6. The summed E-state index contributed by atoms with van der Waals surface area (Å²) in [6, 6.07) is 14.3. The van der Waals surface area contributed by atoms with Gasteiger partial charge >= 0.3 is 0 Å². The van der Waals surface area contributed by atoms with Crippen LogP contribution in [0.25, 0.3) is 0 Å². The molecule has 0 saturated carbocycles. The van der Waals surface area contributed by atoms with Crippen molar-refractivity contribution >= 4 is 11.6 Å². The van der Waals surface area contributed by atoms with Crippen molar-refractivity contribution in [2.24, 2.45) is 5.10 Å². The van der Waals surface area contributed by atoms with Crippen LogP contribution in [0.4, 0.5) is 0 Å². The number of nitrogens with zero attached hydrogens (tertiary/aromatic N) is 3. The van der Waals surface area contributed by atoms with Gasteiger partial charge in [-0.25, -0.2) is 5.01 Å². The van der Waals surface area contributed by atoms with Gasteiger partial charge in [0.2, 0.25) is 0 Å². The highest BCUT2D eigenvalue weighted by Gasteiger charge is 2.34. The second kappa shape index (κ2) is 9.62. The number of hydrazone groups is 1. The van der Waals surface area contributed by atoms with Gasteiger partial charge in [-0.1, -0.05) is 35.9 Å². The molecule has 0 aromatic heterocycles. The standard InChI is InChI=1S/C25H31N3O3/c1-4-31-21-8-6-20(7-9-21)24-16-23(22-10-5-18(2)15-19(22)3)26-28(24)25(29)17-27-11-13-30-14-12-27/h5-10,15,24H,4,11-14,16-17H2,1-3H3/t24-/m1/s1. The van der Waals surface area contributed by atoms with Gasteiger partial charge in [0.1, 0.15) is 5.75 Å². The molecule has 0 radical (unpaired) electrons. The largest absolute Gasteiger partial charge is 0.494 e. The molecule has 31 heavy (non-hydrogen) atoms. The summed E-state index contributed by atoms with van der Waals surface area (Å²) in [6.45, 7) is 10.1. The van der Waals surface area contributed by atoms with Crippen molar-refractivity contribution in [2.45, 2.75) is 33.2 Å². The van der Waals surface area contributed by atoms with Gasteiger partial charge in [-0.05, 0) is 44.0 Å². The maximum Gasteiger partial charge on any atom is 0.257 e. The Kier molecular flexibility index (Phi) is 6.68. The van der Waals surface area contributed by atoms with Crippen LogP contribution in [0.3, 0.4) is 0 Å². The number of amides is 1. The first kappa shape index (κ1) is 21.5. The van der Waals surface area contributed by atoms with Gasteiger partial charge in [-0.3, -0.25) is 9.69 Å². The molecular weight excluding hydrogens is 390 g/mol. The first-order valence-corrected chi connectivity index (χ1v) is 11.0. The zero-order chi connectivity index (χ0) is 21.8. The minimum absolute atomic E-state index is 0.0283. The predicted molar refractivity (Wildman–Crippen MR) is 122 cm³/mol. The molecule has 1 fully saturated rings. The number of ether oxygens (including phenoxy) is 2. The average molecular weight is 422 g/mol. The highest BCUT2D eigenvalue weighted by atomic mass is 16.5. The summed E-state index contributed by atoms with van der Waals surface area (Å²) in [5, 5.41) is 6.54. The van der Waals surface area contributed by atoms with Crippen LogP contribution in [0.1, 0.15) is 41.6 Å². The Bertz CT molecular complexity index is 949. The second-order valence-electron chi connectivity index (χ2n) is 8.21. The smallest absolute Gasteiger partial charge is 0.257 e. The van der Waals surface area contributed by atoms with Gasteiger partial charge in [0.05, 0.1) is 38.1 Å². The highest BCUT2D eigenvalue weighted by molar-refractivity contribution is 6.04. The molecule has 1 atom stereocenters. The van der Waals surface area contributed by atoms with E-state index in [4.69, 9.17) is 14.6 Å². The van der Waals surface area contributed by atoms with Crippen molar-refractivity contribution in [3.05, 3.63) is 64.7 Å². The number of carbonyl (C=O) groups is 1. The van der Waals surface area contributed by atoms with Crippen molar-refractivity contribution < 1.29 is 14.3 Å². The van der Waals surface area contributed by atoms with Crippen LogP contribution in [0.15, 0.2) is 47.6 Å². The summed E-state index contributed by atoms with van der Waals surface area (Å²) < 4.78 is 11.0. The van der Waals surface area contributed by atoms with E-state index in [1.807, 2.05) is 31.2 Å². The number of aryl methyl sites for hydroxylation is 2.